The SMILES string of the molecule is O=C(NCC(F)F)c1cnc2ccc(-c3c[nH]c4nc(OC(F)F)ccc34)cn12. The Morgan fingerprint density at radius 2 is 2.03 bits per heavy atom. The summed E-state index contributed by atoms with van der Waals surface area (Å²) in [6, 6.07) is 6.33. The summed E-state index contributed by atoms with van der Waals surface area (Å²) in [6.45, 7) is -3.74. The fourth-order valence-corrected chi connectivity index (χ4v) is 2.95. The van der Waals surface area contributed by atoms with Crippen molar-refractivity contribution in [2.75, 3.05) is 6.54 Å². The number of rotatable bonds is 6. The number of pyridine rings is 2. The van der Waals surface area contributed by atoms with Crippen molar-refractivity contribution in [2.45, 2.75) is 13.0 Å². The van der Waals surface area contributed by atoms with Gasteiger partial charge in [-0.25, -0.2) is 13.8 Å². The monoisotopic (exact) mass is 407 g/mol. The van der Waals surface area contributed by atoms with Crippen LogP contribution in [0.3, 0.4) is 0 Å². The van der Waals surface area contributed by atoms with Crippen molar-refractivity contribution >= 4 is 22.6 Å². The zero-order chi connectivity index (χ0) is 20.5. The third-order valence-corrected chi connectivity index (χ3v) is 4.19. The van der Waals surface area contributed by atoms with Gasteiger partial charge in [0.15, 0.2) is 0 Å². The van der Waals surface area contributed by atoms with Crippen LogP contribution in [0.5, 0.6) is 5.88 Å². The Bertz CT molecular complexity index is 1190. The Morgan fingerprint density at radius 3 is 2.79 bits per heavy atom. The van der Waals surface area contributed by atoms with Crippen molar-refractivity contribution in [3.8, 4) is 17.0 Å². The van der Waals surface area contributed by atoms with Crippen LogP contribution in [-0.2, 0) is 0 Å². The number of hydrogen-bond donors (Lipinski definition) is 2. The number of imidazole rings is 1. The molecule has 0 saturated carbocycles. The quantitative estimate of drug-likeness (QED) is 0.480. The molecule has 11 heteroatoms. The maximum atomic E-state index is 12.4. The Kier molecular flexibility index (Phi) is 4.79. The third-order valence-electron chi connectivity index (χ3n) is 4.19. The van der Waals surface area contributed by atoms with E-state index >= 15 is 0 Å². The molecular formula is C18H13F4N5O2. The number of ether oxygens (including phenoxy) is 1. The third kappa shape index (κ3) is 3.71. The summed E-state index contributed by atoms with van der Waals surface area (Å²) < 4.78 is 55.2. The number of alkyl halides is 4. The molecule has 4 aromatic rings. The van der Waals surface area contributed by atoms with E-state index in [9.17, 15) is 22.4 Å². The van der Waals surface area contributed by atoms with E-state index in [-0.39, 0.29) is 11.6 Å². The average molecular weight is 407 g/mol. The number of hydrogen-bond acceptors (Lipinski definition) is 4. The van der Waals surface area contributed by atoms with E-state index in [0.29, 0.717) is 27.8 Å². The van der Waals surface area contributed by atoms with Gasteiger partial charge < -0.3 is 15.0 Å². The highest BCUT2D eigenvalue weighted by Crippen LogP contribution is 2.29. The number of nitrogens with one attached hydrogen (secondary N) is 2. The molecule has 7 nitrogen and oxygen atoms in total. The standard InChI is InChI=1S/C18H13F4N5O2/c19-13(20)7-25-17(28)12-6-23-14-3-1-9(8-27(12)14)11-5-24-16-10(11)2-4-15(26-16)29-18(21)22/h1-6,8,13,18H,7H2,(H,24,26)(H,25,28). The number of H-pyrrole nitrogens is 1. The second-order valence-electron chi connectivity index (χ2n) is 6.02. The number of nitrogens with zero attached hydrogens (tertiary/aromatic N) is 3. The normalized spacial score (nSPS) is 11.7. The van der Waals surface area contributed by atoms with Crippen LogP contribution in [-0.4, -0.2) is 44.8 Å². The first-order chi connectivity index (χ1) is 13.9. The van der Waals surface area contributed by atoms with Crippen LogP contribution in [0, 0.1) is 0 Å². The highest BCUT2D eigenvalue weighted by atomic mass is 19.3. The minimum atomic E-state index is -2.98. The van der Waals surface area contributed by atoms with E-state index in [4.69, 9.17) is 0 Å². The molecule has 4 heterocycles. The van der Waals surface area contributed by atoms with Crippen molar-refractivity contribution < 1.29 is 27.1 Å². The van der Waals surface area contributed by atoms with Crippen LogP contribution in [0.1, 0.15) is 10.5 Å². The first kappa shape index (κ1) is 18.7. The lowest BCUT2D eigenvalue weighted by molar-refractivity contribution is -0.0526. The summed E-state index contributed by atoms with van der Waals surface area (Å²) in [6.07, 6.45) is 1.90. The molecule has 2 N–H and O–H groups in total. The van der Waals surface area contributed by atoms with Gasteiger partial charge in [0, 0.05) is 35.0 Å². The lowest BCUT2D eigenvalue weighted by Crippen LogP contribution is -2.29. The average Bonchev–Trinajstić information content (AvgIpc) is 3.28. The summed E-state index contributed by atoms with van der Waals surface area (Å²) in [7, 11) is 0. The molecule has 0 aliphatic heterocycles. The number of carbonyl (C=O) groups excluding carboxylic acids is 1. The molecule has 4 rings (SSSR count). The predicted molar refractivity (Wildman–Crippen MR) is 95.2 cm³/mol. The summed E-state index contributed by atoms with van der Waals surface area (Å²) in [5, 5.41) is 2.79. The van der Waals surface area contributed by atoms with E-state index < -0.39 is 25.5 Å². The fourth-order valence-electron chi connectivity index (χ4n) is 2.95. The molecule has 4 aromatic heterocycles. The number of halogens is 4. The molecule has 1 amide bonds. The predicted octanol–water partition coefficient (Wildman–Crippen LogP) is 3.47. The Balaban J connectivity index is 1.71. The van der Waals surface area contributed by atoms with Crippen LogP contribution in [0.4, 0.5) is 17.6 Å². The lowest BCUT2D eigenvalue weighted by Gasteiger charge is -2.06. The summed E-state index contributed by atoms with van der Waals surface area (Å²) in [5.74, 6) is -0.895. The topological polar surface area (TPSA) is 84.3 Å². The van der Waals surface area contributed by atoms with E-state index in [0.717, 1.165) is 0 Å². The van der Waals surface area contributed by atoms with Crippen LogP contribution in [0.2, 0.25) is 0 Å². The van der Waals surface area contributed by atoms with E-state index in [1.54, 1.807) is 30.6 Å². The summed E-state index contributed by atoms with van der Waals surface area (Å²) >= 11 is 0. The van der Waals surface area contributed by atoms with Gasteiger partial charge >= 0.3 is 6.61 Å². The number of aromatic nitrogens is 4. The minimum absolute atomic E-state index is 0.105. The van der Waals surface area contributed by atoms with Crippen molar-refractivity contribution in [1.82, 2.24) is 24.7 Å². The van der Waals surface area contributed by atoms with Crippen LogP contribution >= 0.6 is 0 Å². The molecule has 0 saturated heterocycles. The van der Waals surface area contributed by atoms with Gasteiger partial charge in [-0.3, -0.25) is 9.20 Å². The second kappa shape index (κ2) is 7.41. The molecule has 0 fully saturated rings. The van der Waals surface area contributed by atoms with Crippen molar-refractivity contribution in [2.24, 2.45) is 0 Å². The van der Waals surface area contributed by atoms with Crippen molar-refractivity contribution in [1.29, 1.82) is 0 Å². The molecule has 0 unspecified atom stereocenters. The molecule has 0 atom stereocenters. The molecule has 0 spiro atoms. The summed E-state index contributed by atoms with van der Waals surface area (Å²) in [5.41, 5.74) is 2.29. The highest BCUT2D eigenvalue weighted by molar-refractivity contribution is 5.95. The van der Waals surface area contributed by atoms with Gasteiger partial charge in [0.2, 0.25) is 5.88 Å². The highest BCUT2D eigenvalue weighted by Gasteiger charge is 2.16. The van der Waals surface area contributed by atoms with Crippen LogP contribution < -0.4 is 10.1 Å². The molecular weight excluding hydrogens is 394 g/mol. The lowest BCUT2D eigenvalue weighted by atomic mass is 10.1. The van der Waals surface area contributed by atoms with Crippen LogP contribution in [0.25, 0.3) is 27.8 Å². The summed E-state index contributed by atoms with van der Waals surface area (Å²) in [4.78, 5) is 23.1. The van der Waals surface area contributed by atoms with E-state index in [1.165, 1.54) is 16.7 Å². The zero-order valence-electron chi connectivity index (χ0n) is 14.6. The number of fused-ring (bicyclic) bond motifs is 2. The van der Waals surface area contributed by atoms with Gasteiger partial charge in [0.05, 0.1) is 12.7 Å². The van der Waals surface area contributed by atoms with Gasteiger partial charge in [-0.2, -0.15) is 13.8 Å². The molecule has 0 aliphatic rings. The molecule has 29 heavy (non-hydrogen) atoms. The van der Waals surface area contributed by atoms with Crippen molar-refractivity contribution in [3.63, 3.8) is 0 Å². The fraction of sp³-hybridized carbons (Fsp3) is 0.167. The zero-order valence-corrected chi connectivity index (χ0v) is 14.6. The maximum Gasteiger partial charge on any atom is 0.388 e. The number of amides is 1. The van der Waals surface area contributed by atoms with Crippen molar-refractivity contribution in [3.05, 3.63) is 48.5 Å². The second-order valence-corrected chi connectivity index (χ2v) is 6.02. The Labute approximate surface area is 160 Å². The molecule has 0 aromatic carbocycles. The van der Waals surface area contributed by atoms with Gasteiger partial charge in [0.1, 0.15) is 17.0 Å². The number of carbonyl (C=O) groups is 1. The van der Waals surface area contributed by atoms with Crippen LogP contribution in [0.15, 0.2) is 42.9 Å². The Hall–Kier alpha value is -3.63. The van der Waals surface area contributed by atoms with E-state index in [1.807, 2.05) is 0 Å². The van der Waals surface area contributed by atoms with Gasteiger partial charge in [-0.15, -0.1) is 0 Å². The molecule has 0 bridgehead atoms. The largest absolute Gasteiger partial charge is 0.417 e. The van der Waals surface area contributed by atoms with E-state index in [2.05, 4.69) is 25.0 Å². The molecule has 150 valence electrons. The minimum Gasteiger partial charge on any atom is -0.417 e. The Morgan fingerprint density at radius 1 is 1.21 bits per heavy atom. The first-order valence-corrected chi connectivity index (χ1v) is 8.39. The van der Waals surface area contributed by atoms with Gasteiger partial charge in [-0.1, -0.05) is 0 Å². The molecule has 0 aliphatic carbocycles. The first-order valence-electron chi connectivity index (χ1n) is 8.39. The smallest absolute Gasteiger partial charge is 0.388 e. The molecule has 0 radical (unpaired) electrons. The van der Waals surface area contributed by atoms with Gasteiger partial charge in [0.25, 0.3) is 12.3 Å². The van der Waals surface area contributed by atoms with Gasteiger partial charge in [-0.05, 0) is 18.2 Å². The number of aromatic amines is 1. The maximum absolute atomic E-state index is 12.4.